The van der Waals surface area contributed by atoms with Crippen molar-refractivity contribution in [3.8, 4) is 0 Å². The SMILES string of the molecule is Brc1cn2ccnc2c(N2CCn3cnnc3C2)n1. The third-order valence-corrected chi connectivity index (χ3v) is 3.65. The van der Waals surface area contributed by atoms with Crippen LogP contribution >= 0.6 is 15.9 Å². The number of fused-ring (bicyclic) bond motifs is 2. The van der Waals surface area contributed by atoms with Gasteiger partial charge in [0.1, 0.15) is 10.9 Å². The van der Waals surface area contributed by atoms with E-state index in [-0.39, 0.29) is 0 Å². The molecule has 4 heterocycles. The predicted octanol–water partition coefficient (Wildman–Crippen LogP) is 1.10. The van der Waals surface area contributed by atoms with Crippen LogP contribution in [0.1, 0.15) is 5.82 Å². The van der Waals surface area contributed by atoms with E-state index >= 15 is 0 Å². The van der Waals surface area contributed by atoms with Gasteiger partial charge in [0.2, 0.25) is 0 Å². The Hall–Kier alpha value is -1.96. The maximum Gasteiger partial charge on any atom is 0.180 e. The highest BCUT2D eigenvalue weighted by Crippen LogP contribution is 2.24. The number of aromatic nitrogens is 6. The Balaban J connectivity index is 1.81. The predicted molar refractivity (Wildman–Crippen MR) is 71.8 cm³/mol. The summed E-state index contributed by atoms with van der Waals surface area (Å²) in [4.78, 5) is 11.1. The van der Waals surface area contributed by atoms with Crippen molar-refractivity contribution >= 4 is 27.4 Å². The van der Waals surface area contributed by atoms with Gasteiger partial charge in [0.25, 0.3) is 0 Å². The van der Waals surface area contributed by atoms with E-state index in [1.165, 1.54) is 0 Å². The summed E-state index contributed by atoms with van der Waals surface area (Å²) in [6.45, 7) is 2.44. The highest BCUT2D eigenvalue weighted by molar-refractivity contribution is 9.10. The van der Waals surface area contributed by atoms with Crippen LogP contribution in [0, 0.1) is 0 Å². The van der Waals surface area contributed by atoms with Crippen molar-refractivity contribution in [1.82, 2.24) is 29.1 Å². The van der Waals surface area contributed by atoms with E-state index in [0.29, 0.717) is 6.54 Å². The second kappa shape index (κ2) is 4.02. The van der Waals surface area contributed by atoms with E-state index in [4.69, 9.17) is 0 Å². The number of hydrogen-bond donors (Lipinski definition) is 0. The van der Waals surface area contributed by atoms with Gasteiger partial charge in [0, 0.05) is 31.7 Å². The maximum absolute atomic E-state index is 4.56. The Morgan fingerprint density at radius 2 is 2.21 bits per heavy atom. The van der Waals surface area contributed by atoms with Crippen molar-refractivity contribution < 1.29 is 0 Å². The third-order valence-electron chi connectivity index (χ3n) is 3.27. The topological polar surface area (TPSA) is 64.1 Å². The summed E-state index contributed by atoms with van der Waals surface area (Å²) >= 11 is 3.44. The van der Waals surface area contributed by atoms with Crippen LogP contribution in [0.25, 0.3) is 5.65 Å². The molecule has 0 unspecified atom stereocenters. The molecule has 3 aromatic rings. The van der Waals surface area contributed by atoms with Gasteiger partial charge in [-0.2, -0.15) is 0 Å². The van der Waals surface area contributed by atoms with Crippen LogP contribution in [0.15, 0.2) is 29.5 Å². The molecule has 0 bridgehead atoms. The fourth-order valence-electron chi connectivity index (χ4n) is 2.34. The number of nitrogens with zero attached hydrogens (tertiary/aromatic N) is 7. The van der Waals surface area contributed by atoms with Crippen molar-refractivity contribution in [2.24, 2.45) is 0 Å². The first-order chi connectivity index (χ1) is 9.31. The van der Waals surface area contributed by atoms with E-state index in [1.54, 1.807) is 12.5 Å². The lowest BCUT2D eigenvalue weighted by Crippen LogP contribution is -2.34. The molecule has 3 aromatic heterocycles. The molecule has 0 radical (unpaired) electrons. The second-order valence-electron chi connectivity index (χ2n) is 4.41. The van der Waals surface area contributed by atoms with Crippen LogP contribution in [0.3, 0.4) is 0 Å². The van der Waals surface area contributed by atoms with Gasteiger partial charge in [0.05, 0.1) is 6.54 Å². The summed E-state index contributed by atoms with van der Waals surface area (Å²) in [5.41, 5.74) is 0.858. The van der Waals surface area contributed by atoms with Crippen LogP contribution in [-0.4, -0.2) is 35.7 Å². The molecule has 0 amide bonds. The first-order valence-corrected chi connectivity index (χ1v) is 6.71. The number of rotatable bonds is 1. The Kier molecular flexibility index (Phi) is 2.31. The number of hydrogen-bond acceptors (Lipinski definition) is 5. The molecule has 0 spiro atoms. The number of halogens is 1. The summed E-state index contributed by atoms with van der Waals surface area (Å²) in [6.07, 6.45) is 7.36. The monoisotopic (exact) mass is 319 g/mol. The molecule has 0 saturated carbocycles. The summed E-state index contributed by atoms with van der Waals surface area (Å²) in [5, 5.41) is 8.06. The van der Waals surface area contributed by atoms with Crippen LogP contribution in [0.2, 0.25) is 0 Å². The van der Waals surface area contributed by atoms with E-state index in [0.717, 1.165) is 35.0 Å². The van der Waals surface area contributed by atoms with Crippen molar-refractivity contribution in [2.75, 3.05) is 11.4 Å². The molecule has 0 aliphatic carbocycles. The van der Waals surface area contributed by atoms with Gasteiger partial charge in [-0.15, -0.1) is 10.2 Å². The summed E-state index contributed by atoms with van der Waals surface area (Å²) in [6, 6.07) is 0. The highest BCUT2D eigenvalue weighted by atomic mass is 79.9. The van der Waals surface area contributed by atoms with Crippen molar-refractivity contribution in [2.45, 2.75) is 13.1 Å². The lowest BCUT2D eigenvalue weighted by Gasteiger charge is -2.28. The molecular weight excluding hydrogens is 310 g/mol. The largest absolute Gasteiger partial charge is 0.344 e. The zero-order chi connectivity index (χ0) is 12.8. The molecule has 96 valence electrons. The van der Waals surface area contributed by atoms with Crippen LogP contribution in [0.5, 0.6) is 0 Å². The number of imidazole rings is 1. The normalized spacial score (nSPS) is 14.9. The summed E-state index contributed by atoms with van der Waals surface area (Å²) in [5.74, 6) is 1.83. The first-order valence-electron chi connectivity index (χ1n) is 5.92. The molecule has 8 heteroatoms. The van der Waals surface area contributed by atoms with Gasteiger partial charge in [0.15, 0.2) is 17.3 Å². The van der Waals surface area contributed by atoms with Gasteiger partial charge in [-0.25, -0.2) is 9.97 Å². The average molecular weight is 320 g/mol. The minimum absolute atomic E-state index is 0.700. The molecule has 19 heavy (non-hydrogen) atoms. The first kappa shape index (κ1) is 10.9. The molecule has 7 nitrogen and oxygen atoms in total. The Morgan fingerprint density at radius 1 is 1.26 bits per heavy atom. The molecule has 0 N–H and O–H groups in total. The summed E-state index contributed by atoms with van der Waals surface area (Å²) in [7, 11) is 0. The van der Waals surface area contributed by atoms with Crippen LogP contribution < -0.4 is 4.90 Å². The lowest BCUT2D eigenvalue weighted by molar-refractivity contribution is 0.556. The van der Waals surface area contributed by atoms with E-state index < -0.39 is 0 Å². The van der Waals surface area contributed by atoms with Gasteiger partial charge in [-0.1, -0.05) is 0 Å². The molecule has 0 fully saturated rings. The quantitative estimate of drug-likeness (QED) is 0.672. The fourth-order valence-corrected chi connectivity index (χ4v) is 2.73. The average Bonchev–Trinajstić information content (AvgIpc) is 3.04. The minimum atomic E-state index is 0.700. The minimum Gasteiger partial charge on any atom is -0.344 e. The third kappa shape index (κ3) is 1.71. The van der Waals surface area contributed by atoms with Gasteiger partial charge in [-0.05, 0) is 15.9 Å². The van der Waals surface area contributed by atoms with Crippen molar-refractivity contribution in [3.05, 3.63) is 35.3 Å². The van der Waals surface area contributed by atoms with Gasteiger partial charge >= 0.3 is 0 Å². The smallest absolute Gasteiger partial charge is 0.180 e. The molecular formula is C11H10BrN7. The molecule has 0 saturated heterocycles. The van der Waals surface area contributed by atoms with Crippen LogP contribution in [0.4, 0.5) is 5.82 Å². The number of anilines is 1. The molecule has 4 rings (SSSR count). The maximum atomic E-state index is 4.56. The lowest BCUT2D eigenvalue weighted by atomic mass is 10.3. The van der Waals surface area contributed by atoms with Gasteiger partial charge in [-0.3, -0.25) is 0 Å². The second-order valence-corrected chi connectivity index (χ2v) is 5.22. The molecule has 0 atom stereocenters. The molecule has 1 aliphatic heterocycles. The Morgan fingerprint density at radius 3 is 3.16 bits per heavy atom. The van der Waals surface area contributed by atoms with Crippen molar-refractivity contribution in [1.29, 1.82) is 0 Å². The van der Waals surface area contributed by atoms with Crippen molar-refractivity contribution in [3.63, 3.8) is 0 Å². The Labute approximate surface area is 117 Å². The van der Waals surface area contributed by atoms with E-state index in [2.05, 4.69) is 45.6 Å². The highest BCUT2D eigenvalue weighted by Gasteiger charge is 2.21. The molecule has 0 aromatic carbocycles. The van der Waals surface area contributed by atoms with Crippen LogP contribution in [-0.2, 0) is 13.1 Å². The van der Waals surface area contributed by atoms with E-state index in [1.807, 2.05) is 16.8 Å². The van der Waals surface area contributed by atoms with E-state index in [9.17, 15) is 0 Å². The zero-order valence-corrected chi connectivity index (χ0v) is 11.5. The van der Waals surface area contributed by atoms with Gasteiger partial charge < -0.3 is 13.9 Å². The summed E-state index contributed by atoms with van der Waals surface area (Å²) < 4.78 is 4.82. The molecule has 1 aliphatic rings. The zero-order valence-electron chi connectivity index (χ0n) is 9.94. The Bertz CT molecular complexity index is 746. The standard InChI is InChI=1S/C11H10BrN7/c12-8-5-17-2-1-13-10(17)11(15-8)18-3-4-19-7-14-16-9(19)6-18/h1-2,5,7H,3-4,6H2. The fraction of sp³-hybridized carbons (Fsp3) is 0.273.